The predicted octanol–water partition coefficient (Wildman–Crippen LogP) is 3.27. The van der Waals surface area contributed by atoms with Crippen molar-refractivity contribution in [1.82, 2.24) is 9.88 Å². The van der Waals surface area contributed by atoms with Crippen LogP contribution < -0.4 is 5.32 Å². The molecule has 1 aromatic heterocycles. The van der Waals surface area contributed by atoms with Gasteiger partial charge in [0.15, 0.2) is 5.78 Å². The largest absolute Gasteiger partial charge is 0.350 e. The number of nitrogens with zero attached hydrogens (tertiary/aromatic N) is 1. The predicted molar refractivity (Wildman–Crippen MR) is 80.6 cm³/mol. The summed E-state index contributed by atoms with van der Waals surface area (Å²) in [6, 6.07) is 6.07. The van der Waals surface area contributed by atoms with Crippen LogP contribution >= 0.6 is 15.9 Å². The second kappa shape index (κ2) is 5.10. The highest BCUT2D eigenvalue weighted by atomic mass is 79.9. The van der Waals surface area contributed by atoms with Crippen molar-refractivity contribution < 1.29 is 4.79 Å². The van der Waals surface area contributed by atoms with Crippen LogP contribution in [-0.2, 0) is 7.05 Å². The van der Waals surface area contributed by atoms with Gasteiger partial charge in [-0.05, 0) is 37.6 Å². The Morgan fingerprint density at radius 3 is 3.00 bits per heavy atom. The standard InChI is InChI=1S/C15H17BrN2O/c1-18-9-12(11-8-10(16)5-6-14(11)18)15(19)13-4-2-3-7-17-13/h5-6,8-9,13,17H,2-4,7H2,1H3. The first-order valence-electron chi connectivity index (χ1n) is 6.69. The van der Waals surface area contributed by atoms with Crippen LogP contribution in [0.5, 0.6) is 0 Å². The molecule has 0 spiro atoms. The van der Waals surface area contributed by atoms with Gasteiger partial charge in [-0.2, -0.15) is 0 Å². The number of carbonyl (C=O) groups is 1. The minimum Gasteiger partial charge on any atom is -0.350 e. The zero-order chi connectivity index (χ0) is 13.4. The molecule has 1 aromatic carbocycles. The molecule has 1 atom stereocenters. The highest BCUT2D eigenvalue weighted by molar-refractivity contribution is 9.10. The van der Waals surface area contributed by atoms with Gasteiger partial charge < -0.3 is 9.88 Å². The third-order valence-electron chi connectivity index (χ3n) is 3.84. The minimum atomic E-state index is -0.0154. The van der Waals surface area contributed by atoms with Crippen LogP contribution in [-0.4, -0.2) is 22.9 Å². The van der Waals surface area contributed by atoms with Gasteiger partial charge in [-0.15, -0.1) is 0 Å². The van der Waals surface area contributed by atoms with Gasteiger partial charge in [0.1, 0.15) is 0 Å². The van der Waals surface area contributed by atoms with E-state index in [0.29, 0.717) is 0 Å². The number of halogens is 1. The monoisotopic (exact) mass is 320 g/mol. The fourth-order valence-corrected chi connectivity index (χ4v) is 3.19. The molecule has 3 rings (SSSR count). The van der Waals surface area contributed by atoms with Gasteiger partial charge in [-0.3, -0.25) is 4.79 Å². The Hall–Kier alpha value is -1.13. The average molecular weight is 321 g/mol. The van der Waals surface area contributed by atoms with E-state index in [9.17, 15) is 4.79 Å². The number of fused-ring (bicyclic) bond motifs is 1. The smallest absolute Gasteiger partial charge is 0.181 e. The Bertz CT molecular complexity index is 626. The van der Waals surface area contributed by atoms with E-state index in [4.69, 9.17) is 0 Å². The van der Waals surface area contributed by atoms with Gasteiger partial charge >= 0.3 is 0 Å². The highest BCUT2D eigenvalue weighted by Gasteiger charge is 2.24. The number of nitrogens with one attached hydrogen (secondary N) is 1. The first-order chi connectivity index (χ1) is 9.16. The number of carbonyl (C=O) groups excluding carboxylic acids is 1. The molecule has 19 heavy (non-hydrogen) atoms. The molecule has 100 valence electrons. The highest BCUT2D eigenvalue weighted by Crippen LogP contribution is 2.26. The fraction of sp³-hybridized carbons (Fsp3) is 0.400. The van der Waals surface area contributed by atoms with Crippen molar-refractivity contribution in [3.63, 3.8) is 0 Å². The second-order valence-corrected chi connectivity index (χ2v) is 6.10. The summed E-state index contributed by atoms with van der Waals surface area (Å²) in [7, 11) is 1.99. The molecule has 4 heteroatoms. The van der Waals surface area contributed by atoms with Crippen molar-refractivity contribution in [3.05, 3.63) is 34.4 Å². The molecule has 1 N–H and O–H groups in total. The van der Waals surface area contributed by atoms with Crippen molar-refractivity contribution in [3.8, 4) is 0 Å². The summed E-state index contributed by atoms with van der Waals surface area (Å²) in [5, 5.41) is 4.37. The zero-order valence-corrected chi connectivity index (χ0v) is 12.5. The molecule has 1 aliphatic rings. The molecule has 1 saturated heterocycles. The molecule has 1 fully saturated rings. The van der Waals surface area contributed by atoms with Crippen LogP contribution in [0.15, 0.2) is 28.9 Å². The maximum atomic E-state index is 12.6. The lowest BCUT2D eigenvalue weighted by molar-refractivity contribution is 0.0928. The Kier molecular flexibility index (Phi) is 3.46. The first kappa shape index (κ1) is 12.9. The summed E-state index contributed by atoms with van der Waals surface area (Å²) < 4.78 is 3.04. The van der Waals surface area contributed by atoms with Crippen LogP contribution in [0.1, 0.15) is 29.6 Å². The SMILES string of the molecule is Cn1cc(C(=O)C2CCCCN2)c2cc(Br)ccc21. The molecule has 0 radical (unpaired) electrons. The number of benzene rings is 1. The van der Waals surface area contributed by atoms with Crippen LogP contribution in [0.3, 0.4) is 0 Å². The van der Waals surface area contributed by atoms with Gasteiger partial charge in [0.2, 0.25) is 0 Å². The zero-order valence-electron chi connectivity index (χ0n) is 10.9. The van der Waals surface area contributed by atoms with Crippen molar-refractivity contribution in [2.75, 3.05) is 6.54 Å². The number of piperidine rings is 1. The van der Waals surface area contributed by atoms with Crippen LogP contribution in [0.2, 0.25) is 0 Å². The number of ketones is 1. The first-order valence-corrected chi connectivity index (χ1v) is 7.48. The summed E-state index contributed by atoms with van der Waals surface area (Å²) in [6.45, 7) is 0.949. The number of Topliss-reactive ketones (excluding diaryl/α,β-unsaturated/α-hetero) is 1. The fourth-order valence-electron chi connectivity index (χ4n) is 2.82. The van der Waals surface area contributed by atoms with Gasteiger partial charge in [0.05, 0.1) is 6.04 Å². The number of hydrogen-bond acceptors (Lipinski definition) is 2. The van der Waals surface area contributed by atoms with Gasteiger partial charge in [0, 0.05) is 34.2 Å². The van der Waals surface area contributed by atoms with E-state index < -0.39 is 0 Å². The van der Waals surface area contributed by atoms with Crippen LogP contribution in [0.4, 0.5) is 0 Å². The molecule has 0 bridgehead atoms. The molecule has 2 aromatic rings. The van der Waals surface area contributed by atoms with Crippen LogP contribution in [0, 0.1) is 0 Å². The molecule has 0 saturated carbocycles. The van der Waals surface area contributed by atoms with E-state index in [1.807, 2.05) is 36.0 Å². The Morgan fingerprint density at radius 1 is 1.42 bits per heavy atom. The van der Waals surface area contributed by atoms with Crippen LogP contribution in [0.25, 0.3) is 10.9 Å². The van der Waals surface area contributed by atoms with Gasteiger partial charge in [-0.1, -0.05) is 22.4 Å². The maximum absolute atomic E-state index is 12.6. The lowest BCUT2D eigenvalue weighted by Crippen LogP contribution is -2.40. The van der Waals surface area contributed by atoms with E-state index in [-0.39, 0.29) is 11.8 Å². The average Bonchev–Trinajstić information content (AvgIpc) is 2.75. The third kappa shape index (κ3) is 2.35. The maximum Gasteiger partial charge on any atom is 0.181 e. The van der Waals surface area contributed by atoms with E-state index in [0.717, 1.165) is 40.3 Å². The molecule has 0 amide bonds. The van der Waals surface area contributed by atoms with Crippen molar-refractivity contribution in [2.24, 2.45) is 7.05 Å². The summed E-state index contributed by atoms with van der Waals surface area (Å²) in [6.07, 6.45) is 5.21. The van der Waals surface area contributed by atoms with E-state index in [1.165, 1.54) is 6.42 Å². The van der Waals surface area contributed by atoms with E-state index >= 15 is 0 Å². The lowest BCUT2D eigenvalue weighted by Gasteiger charge is -2.21. The Labute approximate surface area is 121 Å². The summed E-state index contributed by atoms with van der Waals surface area (Å²) in [5.41, 5.74) is 1.93. The number of rotatable bonds is 2. The topological polar surface area (TPSA) is 34.0 Å². The second-order valence-electron chi connectivity index (χ2n) is 5.18. The lowest BCUT2D eigenvalue weighted by atomic mass is 9.96. The number of aromatic nitrogens is 1. The van der Waals surface area contributed by atoms with Gasteiger partial charge in [-0.25, -0.2) is 0 Å². The third-order valence-corrected chi connectivity index (χ3v) is 4.34. The van der Waals surface area contributed by atoms with E-state index in [2.05, 4.69) is 21.2 Å². The molecule has 1 unspecified atom stereocenters. The summed E-state index contributed by atoms with van der Waals surface area (Å²) in [5.74, 6) is 0.225. The molecule has 0 aliphatic carbocycles. The summed E-state index contributed by atoms with van der Waals surface area (Å²) >= 11 is 3.48. The van der Waals surface area contributed by atoms with Crippen molar-refractivity contribution >= 4 is 32.6 Å². The van der Waals surface area contributed by atoms with Gasteiger partial charge in [0.25, 0.3) is 0 Å². The Balaban J connectivity index is 2.04. The molecule has 1 aliphatic heterocycles. The number of hydrogen-bond donors (Lipinski definition) is 1. The Morgan fingerprint density at radius 2 is 2.26 bits per heavy atom. The molecular weight excluding hydrogens is 304 g/mol. The quantitative estimate of drug-likeness (QED) is 0.862. The number of aryl methyl sites for hydroxylation is 1. The molecular formula is C15H17BrN2O. The van der Waals surface area contributed by atoms with Crippen molar-refractivity contribution in [2.45, 2.75) is 25.3 Å². The summed E-state index contributed by atoms with van der Waals surface area (Å²) in [4.78, 5) is 12.6. The normalized spacial score (nSPS) is 19.8. The van der Waals surface area contributed by atoms with E-state index in [1.54, 1.807) is 0 Å². The molecule has 3 nitrogen and oxygen atoms in total. The minimum absolute atomic E-state index is 0.0154. The van der Waals surface area contributed by atoms with Crippen molar-refractivity contribution in [1.29, 1.82) is 0 Å². The molecule has 2 heterocycles.